The van der Waals surface area contributed by atoms with Gasteiger partial charge in [-0.25, -0.2) is 4.98 Å². The summed E-state index contributed by atoms with van der Waals surface area (Å²) in [4.78, 5) is 21.3. The zero-order chi connectivity index (χ0) is 14.7. The molecule has 7 heteroatoms. The lowest BCUT2D eigenvalue weighted by Crippen LogP contribution is -2.43. The van der Waals surface area contributed by atoms with Crippen LogP contribution in [0.25, 0.3) is 0 Å². The first-order chi connectivity index (χ1) is 10.2. The molecular formula is C14H16ClN5O. The van der Waals surface area contributed by atoms with E-state index in [1.165, 1.54) is 0 Å². The lowest BCUT2D eigenvalue weighted by Gasteiger charge is -2.29. The number of carbonyl (C=O) groups is 1. The molecule has 1 aliphatic rings. The first-order valence-electron chi connectivity index (χ1n) is 6.79. The van der Waals surface area contributed by atoms with E-state index in [4.69, 9.17) is 11.6 Å². The number of nitrogens with one attached hydrogen (secondary N) is 3. The Labute approximate surface area is 127 Å². The fraction of sp³-hybridized carbons (Fsp3) is 0.286. The van der Waals surface area contributed by atoms with E-state index in [0.29, 0.717) is 16.5 Å². The third-order valence-electron chi connectivity index (χ3n) is 3.36. The molecule has 1 aliphatic heterocycles. The molecule has 110 valence electrons. The van der Waals surface area contributed by atoms with Gasteiger partial charge < -0.3 is 20.5 Å². The molecule has 1 amide bonds. The first-order valence-corrected chi connectivity index (χ1v) is 7.17. The molecule has 2 aromatic heterocycles. The third kappa shape index (κ3) is 3.34. The number of aromatic nitrogens is 2. The van der Waals surface area contributed by atoms with Crippen LogP contribution in [0.4, 0.5) is 11.5 Å². The van der Waals surface area contributed by atoms with Gasteiger partial charge in [-0.3, -0.25) is 4.79 Å². The molecule has 0 bridgehead atoms. The summed E-state index contributed by atoms with van der Waals surface area (Å²) in [6.45, 7) is 3.89. The number of hydrogen-bond donors (Lipinski definition) is 3. The number of aromatic amines is 1. The molecule has 6 nitrogen and oxygen atoms in total. The number of amides is 1. The molecule has 0 aromatic carbocycles. The molecule has 3 heterocycles. The van der Waals surface area contributed by atoms with Gasteiger partial charge in [0.15, 0.2) is 0 Å². The zero-order valence-corrected chi connectivity index (χ0v) is 12.2. The SMILES string of the molecule is O=C(Nc1ccc(N2CCNCC2)cn1)c1cc(Cl)c[nH]1. The highest BCUT2D eigenvalue weighted by Gasteiger charge is 2.12. The predicted molar refractivity (Wildman–Crippen MR) is 83.1 cm³/mol. The highest BCUT2D eigenvalue weighted by Crippen LogP contribution is 2.16. The van der Waals surface area contributed by atoms with E-state index in [-0.39, 0.29) is 5.91 Å². The van der Waals surface area contributed by atoms with Crippen molar-refractivity contribution in [3.05, 3.63) is 41.3 Å². The molecule has 0 aliphatic carbocycles. The van der Waals surface area contributed by atoms with Crippen LogP contribution in [0.2, 0.25) is 5.02 Å². The Morgan fingerprint density at radius 1 is 1.33 bits per heavy atom. The average molecular weight is 306 g/mol. The van der Waals surface area contributed by atoms with Crippen LogP contribution in [0.5, 0.6) is 0 Å². The number of H-pyrrole nitrogens is 1. The van der Waals surface area contributed by atoms with E-state index in [1.54, 1.807) is 24.5 Å². The van der Waals surface area contributed by atoms with Crippen molar-refractivity contribution in [1.29, 1.82) is 0 Å². The minimum Gasteiger partial charge on any atom is -0.368 e. The van der Waals surface area contributed by atoms with Gasteiger partial charge in [0.2, 0.25) is 0 Å². The number of rotatable bonds is 3. The van der Waals surface area contributed by atoms with Crippen molar-refractivity contribution in [2.75, 3.05) is 36.4 Å². The lowest BCUT2D eigenvalue weighted by molar-refractivity contribution is 0.102. The van der Waals surface area contributed by atoms with Crippen LogP contribution in [0.1, 0.15) is 10.5 Å². The number of carbonyl (C=O) groups excluding carboxylic acids is 1. The van der Waals surface area contributed by atoms with Crippen molar-refractivity contribution >= 4 is 29.0 Å². The second kappa shape index (κ2) is 6.15. The van der Waals surface area contributed by atoms with Crippen LogP contribution in [-0.2, 0) is 0 Å². The van der Waals surface area contributed by atoms with Gasteiger partial charge in [0.1, 0.15) is 11.5 Å². The molecular weight excluding hydrogens is 290 g/mol. The number of halogens is 1. The summed E-state index contributed by atoms with van der Waals surface area (Å²) in [7, 11) is 0. The fourth-order valence-corrected chi connectivity index (χ4v) is 2.42. The third-order valence-corrected chi connectivity index (χ3v) is 3.58. The Morgan fingerprint density at radius 3 is 2.76 bits per heavy atom. The number of hydrogen-bond acceptors (Lipinski definition) is 4. The van der Waals surface area contributed by atoms with E-state index >= 15 is 0 Å². The Hall–Kier alpha value is -2.05. The monoisotopic (exact) mass is 305 g/mol. The van der Waals surface area contributed by atoms with E-state index in [0.717, 1.165) is 31.9 Å². The quantitative estimate of drug-likeness (QED) is 0.807. The number of pyridine rings is 1. The van der Waals surface area contributed by atoms with Crippen molar-refractivity contribution in [3.8, 4) is 0 Å². The summed E-state index contributed by atoms with van der Waals surface area (Å²) >= 11 is 5.78. The standard InChI is InChI=1S/C14H16ClN5O/c15-10-7-12(17-8-10)14(21)19-13-2-1-11(9-18-13)20-5-3-16-4-6-20/h1-2,7-9,16-17H,3-6H2,(H,18,19,21). The summed E-state index contributed by atoms with van der Waals surface area (Å²) in [5, 5.41) is 6.54. The molecule has 3 N–H and O–H groups in total. The maximum absolute atomic E-state index is 12.0. The Morgan fingerprint density at radius 2 is 2.14 bits per heavy atom. The minimum atomic E-state index is -0.260. The number of nitrogens with zero attached hydrogens (tertiary/aromatic N) is 2. The first kappa shape index (κ1) is 13.9. The van der Waals surface area contributed by atoms with Gasteiger partial charge >= 0.3 is 0 Å². The molecule has 0 radical (unpaired) electrons. The molecule has 3 rings (SSSR count). The molecule has 0 saturated carbocycles. The van der Waals surface area contributed by atoms with Crippen LogP contribution < -0.4 is 15.5 Å². The van der Waals surface area contributed by atoms with Gasteiger partial charge in [-0.05, 0) is 18.2 Å². The van der Waals surface area contributed by atoms with Crippen LogP contribution >= 0.6 is 11.6 Å². The average Bonchev–Trinajstić information content (AvgIpc) is 2.96. The van der Waals surface area contributed by atoms with Gasteiger partial charge in [-0.1, -0.05) is 11.6 Å². The minimum absolute atomic E-state index is 0.260. The summed E-state index contributed by atoms with van der Waals surface area (Å²) in [5.74, 6) is 0.258. The summed E-state index contributed by atoms with van der Waals surface area (Å²) in [6.07, 6.45) is 3.35. The molecule has 21 heavy (non-hydrogen) atoms. The molecule has 2 aromatic rings. The maximum Gasteiger partial charge on any atom is 0.273 e. The van der Waals surface area contributed by atoms with Crippen molar-refractivity contribution in [2.24, 2.45) is 0 Å². The summed E-state index contributed by atoms with van der Waals surface area (Å²) in [5.41, 5.74) is 1.48. The zero-order valence-electron chi connectivity index (χ0n) is 11.4. The topological polar surface area (TPSA) is 73.1 Å². The second-order valence-electron chi connectivity index (χ2n) is 4.82. The summed E-state index contributed by atoms with van der Waals surface area (Å²) in [6, 6.07) is 5.35. The van der Waals surface area contributed by atoms with Gasteiger partial charge in [-0.15, -0.1) is 0 Å². The largest absolute Gasteiger partial charge is 0.368 e. The van der Waals surface area contributed by atoms with Crippen molar-refractivity contribution < 1.29 is 4.79 Å². The predicted octanol–water partition coefficient (Wildman–Crippen LogP) is 1.72. The normalized spacial score (nSPS) is 15.0. The Balaban J connectivity index is 1.65. The van der Waals surface area contributed by atoms with Gasteiger partial charge in [0.05, 0.1) is 16.9 Å². The van der Waals surface area contributed by atoms with Crippen molar-refractivity contribution in [1.82, 2.24) is 15.3 Å². The van der Waals surface area contributed by atoms with E-state index in [2.05, 4.69) is 25.5 Å². The van der Waals surface area contributed by atoms with Crippen LogP contribution in [0.15, 0.2) is 30.6 Å². The molecule has 1 fully saturated rings. The maximum atomic E-state index is 12.0. The highest BCUT2D eigenvalue weighted by molar-refractivity contribution is 6.31. The van der Waals surface area contributed by atoms with Crippen LogP contribution in [0.3, 0.4) is 0 Å². The van der Waals surface area contributed by atoms with Crippen molar-refractivity contribution in [3.63, 3.8) is 0 Å². The smallest absolute Gasteiger partial charge is 0.273 e. The van der Waals surface area contributed by atoms with Gasteiger partial charge in [0.25, 0.3) is 5.91 Å². The van der Waals surface area contributed by atoms with E-state index < -0.39 is 0 Å². The highest BCUT2D eigenvalue weighted by atomic mass is 35.5. The Kier molecular flexibility index (Phi) is 4.08. The Bertz CT molecular complexity index is 619. The molecule has 1 saturated heterocycles. The van der Waals surface area contributed by atoms with Crippen LogP contribution in [0, 0.1) is 0 Å². The molecule has 0 spiro atoms. The molecule has 0 unspecified atom stereocenters. The van der Waals surface area contributed by atoms with Crippen LogP contribution in [-0.4, -0.2) is 42.1 Å². The van der Waals surface area contributed by atoms with Gasteiger partial charge in [-0.2, -0.15) is 0 Å². The van der Waals surface area contributed by atoms with Gasteiger partial charge in [0, 0.05) is 32.4 Å². The fourth-order valence-electron chi connectivity index (χ4n) is 2.25. The second-order valence-corrected chi connectivity index (χ2v) is 5.26. The lowest BCUT2D eigenvalue weighted by atomic mass is 10.3. The van der Waals surface area contributed by atoms with E-state index in [1.807, 2.05) is 6.07 Å². The number of piperazine rings is 1. The van der Waals surface area contributed by atoms with Crippen molar-refractivity contribution in [2.45, 2.75) is 0 Å². The number of anilines is 2. The molecule has 0 atom stereocenters. The van der Waals surface area contributed by atoms with E-state index in [9.17, 15) is 4.79 Å². The summed E-state index contributed by atoms with van der Waals surface area (Å²) < 4.78 is 0.